The average Bonchev–Trinajstić information content (AvgIpc) is 2.91. The zero-order chi connectivity index (χ0) is 17.0. The van der Waals surface area contributed by atoms with E-state index in [2.05, 4.69) is 19.2 Å². The van der Waals surface area contributed by atoms with E-state index in [0.717, 1.165) is 24.2 Å². The Morgan fingerprint density at radius 1 is 1.39 bits per heavy atom. The van der Waals surface area contributed by atoms with Gasteiger partial charge in [0.05, 0.1) is 12.1 Å². The summed E-state index contributed by atoms with van der Waals surface area (Å²) in [6.07, 6.45) is 4.17. The summed E-state index contributed by atoms with van der Waals surface area (Å²) in [5.41, 5.74) is 0.218. The number of carbonyl (C=O) groups is 1. The maximum atomic E-state index is 12.6. The molecule has 0 saturated carbocycles. The zero-order valence-corrected chi connectivity index (χ0v) is 14.9. The van der Waals surface area contributed by atoms with Gasteiger partial charge in [0, 0.05) is 34.2 Å². The Balaban J connectivity index is 2.10. The first-order chi connectivity index (χ1) is 10.9. The van der Waals surface area contributed by atoms with Crippen molar-refractivity contribution in [1.82, 2.24) is 4.90 Å². The second-order valence-corrected chi connectivity index (χ2v) is 8.02. The number of hydrogen-bond acceptors (Lipinski definition) is 3. The van der Waals surface area contributed by atoms with Crippen LogP contribution in [-0.4, -0.2) is 45.2 Å². The number of anilines is 1. The van der Waals surface area contributed by atoms with Crippen molar-refractivity contribution in [2.75, 3.05) is 24.7 Å². The van der Waals surface area contributed by atoms with Gasteiger partial charge in [-0.15, -0.1) is 0 Å². The first-order valence-electron chi connectivity index (χ1n) is 8.01. The Hall–Kier alpha value is -1.40. The third-order valence-electron chi connectivity index (χ3n) is 4.36. The minimum absolute atomic E-state index is 0.00758. The smallest absolute Gasteiger partial charge is 0.322 e. The molecule has 0 bridgehead atoms. The number of nitrogens with one attached hydrogen (secondary N) is 1. The van der Waals surface area contributed by atoms with E-state index in [1.807, 2.05) is 0 Å². The molecular formula is C17H26N2O3S. The quantitative estimate of drug-likeness (QED) is 0.867. The van der Waals surface area contributed by atoms with Crippen LogP contribution >= 0.6 is 0 Å². The van der Waals surface area contributed by atoms with Crippen LogP contribution in [-0.2, 0) is 10.8 Å². The highest BCUT2D eigenvalue weighted by molar-refractivity contribution is 7.84. The van der Waals surface area contributed by atoms with Crippen LogP contribution in [0.1, 0.15) is 33.1 Å². The van der Waals surface area contributed by atoms with Gasteiger partial charge in [-0.25, -0.2) is 4.79 Å². The molecule has 1 aliphatic rings. The molecule has 0 aromatic heterocycles. The first-order valence-corrected chi connectivity index (χ1v) is 9.57. The zero-order valence-electron chi connectivity index (χ0n) is 14.0. The van der Waals surface area contributed by atoms with Crippen molar-refractivity contribution in [3.8, 4) is 0 Å². The lowest BCUT2D eigenvalue weighted by Crippen LogP contribution is -2.52. The number of nitrogens with zero attached hydrogens (tertiary/aromatic N) is 1. The van der Waals surface area contributed by atoms with Crippen molar-refractivity contribution in [2.45, 2.75) is 43.5 Å². The van der Waals surface area contributed by atoms with E-state index in [1.54, 1.807) is 35.4 Å². The number of likely N-dealkylation sites (tertiary alicyclic amines) is 1. The van der Waals surface area contributed by atoms with E-state index in [0.29, 0.717) is 18.2 Å². The number of carbonyl (C=O) groups excluding carboxylic acids is 1. The number of benzene rings is 1. The lowest BCUT2D eigenvalue weighted by Gasteiger charge is -2.38. The van der Waals surface area contributed by atoms with Crippen LogP contribution in [0.2, 0.25) is 0 Å². The largest absolute Gasteiger partial charge is 0.394 e. The van der Waals surface area contributed by atoms with Gasteiger partial charge in [0.25, 0.3) is 0 Å². The Bertz CT molecular complexity index is 574. The van der Waals surface area contributed by atoms with E-state index in [1.165, 1.54) is 0 Å². The Morgan fingerprint density at radius 3 is 2.57 bits per heavy atom. The molecule has 1 fully saturated rings. The van der Waals surface area contributed by atoms with Crippen molar-refractivity contribution in [1.29, 1.82) is 0 Å². The number of hydrogen-bond donors (Lipinski definition) is 2. The molecule has 0 radical (unpaired) electrons. The summed E-state index contributed by atoms with van der Waals surface area (Å²) >= 11 is 0. The highest BCUT2D eigenvalue weighted by Crippen LogP contribution is 2.35. The first kappa shape index (κ1) is 17.9. The molecular weight excluding hydrogens is 312 g/mol. The second-order valence-electron chi connectivity index (χ2n) is 6.64. The van der Waals surface area contributed by atoms with Gasteiger partial charge in [0.2, 0.25) is 0 Å². The fourth-order valence-electron chi connectivity index (χ4n) is 3.38. The molecule has 2 atom stereocenters. The standard InChI is InChI=1S/C17H26N2O3S/c1-13(2)11-17(12-20)9-4-10-19(17)16(21)18-14-5-7-15(8-6-14)23(3)22/h5-8,13,20H,4,9-12H2,1-3H3,(H,18,21)/t17-,23-/m0/s1. The minimum atomic E-state index is -1.03. The van der Waals surface area contributed by atoms with Gasteiger partial charge in [0.1, 0.15) is 0 Å². The molecule has 128 valence electrons. The van der Waals surface area contributed by atoms with Gasteiger partial charge in [-0.1, -0.05) is 13.8 Å². The van der Waals surface area contributed by atoms with Crippen molar-refractivity contribution < 1.29 is 14.1 Å². The van der Waals surface area contributed by atoms with E-state index < -0.39 is 16.3 Å². The number of rotatable bonds is 5. The lowest BCUT2D eigenvalue weighted by molar-refractivity contribution is 0.0728. The maximum absolute atomic E-state index is 12.6. The molecule has 1 aromatic carbocycles. The van der Waals surface area contributed by atoms with Gasteiger partial charge in [0.15, 0.2) is 0 Å². The molecule has 0 unspecified atom stereocenters. The maximum Gasteiger partial charge on any atom is 0.322 e. The molecule has 1 heterocycles. The van der Waals surface area contributed by atoms with Crippen molar-refractivity contribution >= 4 is 22.5 Å². The predicted octanol–water partition coefficient (Wildman–Crippen LogP) is 2.83. The third kappa shape index (κ3) is 4.12. The summed E-state index contributed by atoms with van der Waals surface area (Å²) in [4.78, 5) is 15.1. The van der Waals surface area contributed by atoms with Crippen LogP contribution in [0.3, 0.4) is 0 Å². The predicted molar refractivity (Wildman–Crippen MR) is 93.0 cm³/mol. The van der Waals surface area contributed by atoms with Crippen molar-refractivity contribution in [2.24, 2.45) is 5.92 Å². The van der Waals surface area contributed by atoms with Gasteiger partial charge in [-0.05, 0) is 49.4 Å². The normalized spacial score (nSPS) is 22.4. The minimum Gasteiger partial charge on any atom is -0.394 e. The van der Waals surface area contributed by atoms with E-state index in [4.69, 9.17) is 0 Å². The van der Waals surface area contributed by atoms with Crippen molar-refractivity contribution in [3.63, 3.8) is 0 Å². The molecule has 23 heavy (non-hydrogen) atoms. The summed E-state index contributed by atoms with van der Waals surface area (Å²) in [6.45, 7) is 4.87. The molecule has 2 N–H and O–H groups in total. The van der Waals surface area contributed by atoms with Gasteiger partial charge in [-0.2, -0.15) is 0 Å². The number of aliphatic hydroxyl groups excluding tert-OH is 1. The third-order valence-corrected chi connectivity index (χ3v) is 5.30. The van der Waals surface area contributed by atoms with Gasteiger partial charge < -0.3 is 15.3 Å². The van der Waals surface area contributed by atoms with Gasteiger partial charge >= 0.3 is 6.03 Å². The fraction of sp³-hybridized carbons (Fsp3) is 0.588. The van der Waals surface area contributed by atoms with E-state index in [9.17, 15) is 14.1 Å². The van der Waals surface area contributed by atoms with E-state index >= 15 is 0 Å². The summed E-state index contributed by atoms with van der Waals surface area (Å²) in [7, 11) is -1.03. The highest BCUT2D eigenvalue weighted by atomic mass is 32.2. The molecule has 1 aliphatic heterocycles. The summed E-state index contributed by atoms with van der Waals surface area (Å²) in [5.74, 6) is 0.411. The van der Waals surface area contributed by atoms with Crippen LogP contribution in [0.5, 0.6) is 0 Å². The molecule has 2 rings (SSSR count). The Labute approximate surface area is 140 Å². The monoisotopic (exact) mass is 338 g/mol. The number of amides is 2. The molecule has 1 aromatic rings. The molecule has 0 aliphatic carbocycles. The summed E-state index contributed by atoms with van der Waals surface area (Å²) in [6, 6.07) is 6.84. The summed E-state index contributed by atoms with van der Waals surface area (Å²) < 4.78 is 11.4. The Morgan fingerprint density at radius 2 is 2.04 bits per heavy atom. The molecule has 2 amide bonds. The second kappa shape index (κ2) is 7.45. The van der Waals surface area contributed by atoms with Crippen LogP contribution in [0.25, 0.3) is 0 Å². The Kier molecular flexibility index (Phi) is 5.81. The molecule has 1 saturated heterocycles. The van der Waals surface area contributed by atoms with Crippen LogP contribution < -0.4 is 5.32 Å². The van der Waals surface area contributed by atoms with E-state index in [-0.39, 0.29) is 12.6 Å². The molecule has 0 spiro atoms. The topological polar surface area (TPSA) is 69.6 Å². The highest BCUT2D eigenvalue weighted by Gasteiger charge is 2.43. The van der Waals surface area contributed by atoms with Crippen LogP contribution in [0.4, 0.5) is 10.5 Å². The summed E-state index contributed by atoms with van der Waals surface area (Å²) in [5, 5.41) is 12.8. The van der Waals surface area contributed by atoms with Gasteiger partial charge in [-0.3, -0.25) is 4.21 Å². The SMILES string of the molecule is CC(C)C[C@]1(CO)CCCN1C(=O)Nc1ccc([S@](C)=O)cc1. The fourth-order valence-corrected chi connectivity index (χ4v) is 3.90. The molecule has 6 heteroatoms. The lowest BCUT2D eigenvalue weighted by atomic mass is 9.87. The number of aliphatic hydroxyl groups is 1. The van der Waals surface area contributed by atoms with Crippen molar-refractivity contribution in [3.05, 3.63) is 24.3 Å². The van der Waals surface area contributed by atoms with Crippen LogP contribution in [0.15, 0.2) is 29.2 Å². The average molecular weight is 338 g/mol. The molecule has 5 nitrogen and oxygen atoms in total. The number of urea groups is 1. The van der Waals surface area contributed by atoms with Crippen LogP contribution in [0, 0.1) is 5.92 Å².